The monoisotopic (exact) mass is 271 g/mol. The number of carbonyl (C=O) groups excluding carboxylic acids is 2. The molecule has 0 bridgehead atoms. The van der Waals surface area contributed by atoms with E-state index in [4.69, 9.17) is 0 Å². The molecule has 0 radical (unpaired) electrons. The van der Waals surface area contributed by atoms with Crippen LogP contribution in [0.2, 0.25) is 0 Å². The molecule has 2 N–H and O–H groups in total. The van der Waals surface area contributed by atoms with Gasteiger partial charge in [0.25, 0.3) is 5.91 Å². The van der Waals surface area contributed by atoms with E-state index < -0.39 is 5.92 Å². The van der Waals surface area contributed by atoms with Gasteiger partial charge in [0, 0.05) is 5.92 Å². The van der Waals surface area contributed by atoms with E-state index in [2.05, 4.69) is 15.6 Å². The maximum atomic E-state index is 12.2. The van der Waals surface area contributed by atoms with Crippen LogP contribution in [0.1, 0.15) is 24.3 Å². The minimum atomic E-state index is -0.804. The van der Waals surface area contributed by atoms with Crippen molar-refractivity contribution >= 4 is 17.6 Å². The summed E-state index contributed by atoms with van der Waals surface area (Å²) in [6.07, 6.45) is 1.81. The fourth-order valence-electron chi connectivity index (χ4n) is 2.75. The number of hydrogen-bond acceptors (Lipinski definition) is 3. The summed E-state index contributed by atoms with van der Waals surface area (Å²) in [5.74, 6) is -0.686. The molecule has 1 fully saturated rings. The van der Waals surface area contributed by atoms with Crippen LogP contribution in [0.5, 0.6) is 0 Å². The van der Waals surface area contributed by atoms with Crippen molar-refractivity contribution in [3.05, 3.63) is 35.9 Å². The summed E-state index contributed by atoms with van der Waals surface area (Å²) in [6, 6.07) is 9.07. The van der Waals surface area contributed by atoms with E-state index in [1.807, 2.05) is 18.2 Å². The second-order valence-electron chi connectivity index (χ2n) is 5.19. The molecule has 2 aliphatic rings. The van der Waals surface area contributed by atoms with Crippen molar-refractivity contribution in [1.29, 1.82) is 0 Å². The molecule has 5 heteroatoms. The first-order valence-electron chi connectivity index (χ1n) is 6.94. The van der Waals surface area contributed by atoms with Gasteiger partial charge in [0.1, 0.15) is 11.8 Å². The average Bonchev–Trinajstić information content (AvgIpc) is 2.48. The summed E-state index contributed by atoms with van der Waals surface area (Å²) >= 11 is 0. The number of nitrogens with one attached hydrogen (secondary N) is 2. The largest absolute Gasteiger partial charge is 0.317 e. The van der Waals surface area contributed by atoms with Crippen molar-refractivity contribution in [2.45, 2.75) is 18.8 Å². The van der Waals surface area contributed by atoms with Gasteiger partial charge in [0.15, 0.2) is 0 Å². The molecule has 0 aromatic heterocycles. The van der Waals surface area contributed by atoms with Crippen molar-refractivity contribution in [3.8, 4) is 0 Å². The summed E-state index contributed by atoms with van der Waals surface area (Å²) < 4.78 is 0. The van der Waals surface area contributed by atoms with Gasteiger partial charge in [-0.2, -0.15) is 4.99 Å². The molecule has 0 aliphatic carbocycles. The SMILES string of the molecule is O=C1N=C(C2CCNCC2)NC(=O)C1c1ccccc1. The number of benzene rings is 1. The summed E-state index contributed by atoms with van der Waals surface area (Å²) in [7, 11) is 0. The zero-order valence-corrected chi connectivity index (χ0v) is 11.1. The first-order chi connectivity index (χ1) is 9.75. The number of nitrogens with zero attached hydrogens (tertiary/aromatic N) is 1. The lowest BCUT2D eigenvalue weighted by Gasteiger charge is -2.28. The first-order valence-corrected chi connectivity index (χ1v) is 6.94. The standard InChI is InChI=1S/C15H17N3O2/c19-14-12(10-4-2-1-3-5-10)15(20)18-13(17-14)11-6-8-16-9-7-11/h1-5,11-12,16H,6-9H2,(H,17,18,19,20). The third-order valence-corrected chi connectivity index (χ3v) is 3.85. The summed E-state index contributed by atoms with van der Waals surface area (Å²) in [5.41, 5.74) is 0.697. The Morgan fingerprint density at radius 1 is 1.05 bits per heavy atom. The number of amidine groups is 1. The number of hydrogen-bond donors (Lipinski definition) is 2. The quantitative estimate of drug-likeness (QED) is 0.783. The maximum Gasteiger partial charge on any atom is 0.264 e. The van der Waals surface area contributed by atoms with E-state index in [1.54, 1.807) is 12.1 Å². The predicted octanol–water partition coefficient (Wildman–Crippen LogP) is 0.825. The maximum absolute atomic E-state index is 12.2. The van der Waals surface area contributed by atoms with Crippen LogP contribution in [-0.2, 0) is 9.59 Å². The highest BCUT2D eigenvalue weighted by Gasteiger charge is 2.35. The number of aliphatic imine (C=N–C) groups is 1. The molecule has 2 aliphatic heterocycles. The molecular formula is C15H17N3O2. The van der Waals surface area contributed by atoms with Crippen LogP contribution >= 0.6 is 0 Å². The Morgan fingerprint density at radius 2 is 1.75 bits per heavy atom. The molecule has 1 saturated heterocycles. The molecule has 5 nitrogen and oxygen atoms in total. The number of piperidine rings is 1. The predicted molar refractivity (Wildman–Crippen MR) is 75.4 cm³/mol. The van der Waals surface area contributed by atoms with Crippen molar-refractivity contribution < 1.29 is 9.59 Å². The molecular weight excluding hydrogens is 254 g/mol. The minimum absolute atomic E-state index is 0.181. The van der Waals surface area contributed by atoms with Crippen LogP contribution in [0.15, 0.2) is 35.3 Å². The molecule has 0 saturated carbocycles. The third-order valence-electron chi connectivity index (χ3n) is 3.85. The second-order valence-corrected chi connectivity index (χ2v) is 5.19. The molecule has 1 aromatic rings. The van der Waals surface area contributed by atoms with E-state index in [9.17, 15) is 9.59 Å². The second kappa shape index (κ2) is 5.54. The van der Waals surface area contributed by atoms with Gasteiger partial charge in [-0.15, -0.1) is 0 Å². The molecule has 2 heterocycles. The number of rotatable bonds is 2. The lowest BCUT2D eigenvalue weighted by molar-refractivity contribution is -0.130. The van der Waals surface area contributed by atoms with E-state index in [0.29, 0.717) is 11.4 Å². The first kappa shape index (κ1) is 13.0. The molecule has 20 heavy (non-hydrogen) atoms. The van der Waals surface area contributed by atoms with Crippen molar-refractivity contribution in [3.63, 3.8) is 0 Å². The molecule has 1 atom stereocenters. The highest BCUT2D eigenvalue weighted by molar-refractivity contribution is 6.19. The summed E-state index contributed by atoms with van der Waals surface area (Å²) in [6.45, 7) is 1.80. The molecule has 0 spiro atoms. The molecule has 2 amide bonds. The summed E-state index contributed by atoms with van der Waals surface area (Å²) in [4.78, 5) is 28.6. The van der Waals surface area contributed by atoms with Gasteiger partial charge in [0.05, 0.1) is 0 Å². The van der Waals surface area contributed by atoms with Gasteiger partial charge >= 0.3 is 0 Å². The van der Waals surface area contributed by atoms with Gasteiger partial charge in [-0.1, -0.05) is 30.3 Å². The van der Waals surface area contributed by atoms with Gasteiger partial charge in [-0.05, 0) is 31.5 Å². The molecule has 1 unspecified atom stereocenters. The Kier molecular flexibility index (Phi) is 3.60. The molecule has 104 valence electrons. The van der Waals surface area contributed by atoms with Crippen molar-refractivity contribution in [1.82, 2.24) is 10.6 Å². The van der Waals surface area contributed by atoms with Crippen molar-refractivity contribution in [2.75, 3.05) is 13.1 Å². The van der Waals surface area contributed by atoms with Gasteiger partial charge in [-0.25, -0.2) is 0 Å². The van der Waals surface area contributed by atoms with Crippen LogP contribution in [0.25, 0.3) is 0 Å². The van der Waals surface area contributed by atoms with E-state index in [0.717, 1.165) is 25.9 Å². The highest BCUT2D eigenvalue weighted by atomic mass is 16.2. The molecule has 1 aromatic carbocycles. The van der Waals surface area contributed by atoms with Crippen LogP contribution in [0.3, 0.4) is 0 Å². The Morgan fingerprint density at radius 3 is 2.40 bits per heavy atom. The Bertz CT molecular complexity index is 547. The van der Waals surface area contributed by atoms with Gasteiger partial charge in [0.2, 0.25) is 5.91 Å². The highest BCUT2D eigenvalue weighted by Crippen LogP contribution is 2.23. The lowest BCUT2D eigenvalue weighted by atomic mass is 9.92. The fraction of sp³-hybridized carbons (Fsp3) is 0.400. The van der Waals surface area contributed by atoms with E-state index >= 15 is 0 Å². The normalized spacial score (nSPS) is 24.2. The zero-order valence-electron chi connectivity index (χ0n) is 11.1. The number of amides is 2. The lowest BCUT2D eigenvalue weighted by Crippen LogP contribution is -2.47. The van der Waals surface area contributed by atoms with Crippen LogP contribution < -0.4 is 10.6 Å². The van der Waals surface area contributed by atoms with Gasteiger partial charge < -0.3 is 10.6 Å². The summed E-state index contributed by atoms with van der Waals surface area (Å²) in [5, 5.41) is 6.09. The van der Waals surface area contributed by atoms with Crippen molar-refractivity contribution in [2.24, 2.45) is 10.9 Å². The van der Waals surface area contributed by atoms with Crippen LogP contribution in [-0.4, -0.2) is 30.7 Å². The Hall–Kier alpha value is -2.01. The smallest absolute Gasteiger partial charge is 0.264 e. The topological polar surface area (TPSA) is 70.6 Å². The van der Waals surface area contributed by atoms with Crippen LogP contribution in [0, 0.1) is 5.92 Å². The third kappa shape index (κ3) is 2.49. The van der Waals surface area contributed by atoms with Gasteiger partial charge in [-0.3, -0.25) is 9.59 Å². The average molecular weight is 271 g/mol. The fourth-order valence-corrected chi connectivity index (χ4v) is 2.75. The van der Waals surface area contributed by atoms with E-state index in [1.165, 1.54) is 0 Å². The minimum Gasteiger partial charge on any atom is -0.317 e. The zero-order chi connectivity index (χ0) is 13.9. The molecule has 3 rings (SSSR count). The van der Waals surface area contributed by atoms with E-state index in [-0.39, 0.29) is 17.7 Å². The Labute approximate surface area is 117 Å². The number of carbonyl (C=O) groups is 2. The Balaban J connectivity index is 1.83. The van der Waals surface area contributed by atoms with Crippen LogP contribution in [0.4, 0.5) is 0 Å².